The Balaban J connectivity index is 2.31. The van der Waals surface area contributed by atoms with Crippen LogP contribution in [-0.4, -0.2) is 47.8 Å². The highest BCUT2D eigenvalue weighted by atomic mass is 19.3. The number of likely N-dealkylation sites (tertiary alicyclic amines) is 1. The second kappa shape index (κ2) is 4.30. The number of rotatable bonds is 0. The summed E-state index contributed by atoms with van der Waals surface area (Å²) in [7, 11) is 0. The minimum atomic E-state index is -3.04. The zero-order valence-electron chi connectivity index (χ0n) is 11.6. The van der Waals surface area contributed by atoms with Gasteiger partial charge in [-0.15, -0.1) is 0 Å². The fourth-order valence-corrected chi connectivity index (χ4v) is 3.52. The van der Waals surface area contributed by atoms with Crippen molar-refractivity contribution in [3.63, 3.8) is 0 Å². The molecule has 0 aromatic carbocycles. The Morgan fingerprint density at radius 3 is 2.47 bits per heavy atom. The first-order chi connectivity index (χ1) is 8.60. The van der Waals surface area contributed by atoms with Gasteiger partial charge in [0.2, 0.25) is 0 Å². The molecule has 1 N–H and O–H groups in total. The smallest absolute Gasteiger partial charge is 0.407 e. The quantitative estimate of drug-likeness (QED) is 0.740. The van der Waals surface area contributed by atoms with Gasteiger partial charge in [-0.05, 0) is 18.3 Å². The molecule has 0 aromatic heterocycles. The van der Waals surface area contributed by atoms with E-state index >= 15 is 0 Å². The van der Waals surface area contributed by atoms with Gasteiger partial charge >= 0.3 is 6.09 Å². The zero-order valence-corrected chi connectivity index (χ0v) is 11.6. The number of nitrogens with zero attached hydrogens (tertiary/aromatic N) is 1. The van der Waals surface area contributed by atoms with E-state index in [0.717, 1.165) is 4.90 Å². The van der Waals surface area contributed by atoms with Crippen LogP contribution >= 0.6 is 0 Å². The molecule has 6 heteroatoms. The normalized spacial score (nSPS) is 34.8. The Bertz CT molecular complexity index is 381. The van der Waals surface area contributed by atoms with Crippen LogP contribution in [0.4, 0.5) is 13.6 Å². The lowest BCUT2D eigenvalue weighted by molar-refractivity contribution is -0.202. The summed E-state index contributed by atoms with van der Waals surface area (Å²) in [5.41, 5.74) is -1.61. The van der Waals surface area contributed by atoms with E-state index < -0.39 is 30.1 Å². The van der Waals surface area contributed by atoms with Crippen molar-refractivity contribution >= 4 is 6.09 Å². The highest BCUT2D eigenvalue weighted by Crippen LogP contribution is 2.56. The maximum Gasteiger partial charge on any atom is 0.407 e. The third-order valence-corrected chi connectivity index (χ3v) is 4.34. The Morgan fingerprint density at radius 2 is 2.00 bits per heavy atom. The minimum absolute atomic E-state index is 0.154. The Morgan fingerprint density at radius 1 is 1.37 bits per heavy atom. The van der Waals surface area contributed by atoms with Gasteiger partial charge in [-0.25, -0.2) is 13.6 Å². The van der Waals surface area contributed by atoms with Crippen LogP contribution in [0.15, 0.2) is 0 Å². The fourth-order valence-electron chi connectivity index (χ4n) is 3.52. The summed E-state index contributed by atoms with van der Waals surface area (Å²) in [5, 5.41) is 8.89. The van der Waals surface area contributed by atoms with Crippen molar-refractivity contribution in [2.45, 2.75) is 45.6 Å². The van der Waals surface area contributed by atoms with E-state index in [2.05, 4.69) is 0 Å². The van der Waals surface area contributed by atoms with Gasteiger partial charge in [-0.2, -0.15) is 0 Å². The molecule has 2 aliphatic heterocycles. The summed E-state index contributed by atoms with van der Waals surface area (Å²) in [6, 6.07) is 0. The number of piperidine rings is 1. The summed E-state index contributed by atoms with van der Waals surface area (Å²) in [5.74, 6) is -3.04. The van der Waals surface area contributed by atoms with E-state index in [1.54, 1.807) is 0 Å². The molecule has 4 nitrogen and oxygen atoms in total. The molecule has 2 fully saturated rings. The van der Waals surface area contributed by atoms with Crippen molar-refractivity contribution in [1.82, 2.24) is 4.90 Å². The summed E-state index contributed by atoms with van der Waals surface area (Å²) >= 11 is 0. The number of hydrogen-bond donors (Lipinski definition) is 1. The van der Waals surface area contributed by atoms with Crippen LogP contribution in [0.2, 0.25) is 0 Å². The van der Waals surface area contributed by atoms with E-state index in [9.17, 15) is 13.6 Å². The van der Waals surface area contributed by atoms with E-state index in [4.69, 9.17) is 9.84 Å². The van der Waals surface area contributed by atoms with Crippen molar-refractivity contribution in [2.24, 2.45) is 10.8 Å². The molecule has 2 heterocycles. The standard InChI is InChI=1S/C13H21F2NO3/c1-11(2,3)9-12(5-7-19-9)4-6-16(10(17)18)8-13(12,14)15/h9H,4-8H2,1-3H3,(H,17,18). The molecule has 1 amide bonds. The average molecular weight is 277 g/mol. The van der Waals surface area contributed by atoms with Gasteiger partial charge in [0.05, 0.1) is 18.1 Å². The van der Waals surface area contributed by atoms with Gasteiger partial charge in [0.25, 0.3) is 5.92 Å². The molecule has 2 unspecified atom stereocenters. The van der Waals surface area contributed by atoms with Crippen molar-refractivity contribution < 1.29 is 23.4 Å². The lowest BCUT2D eigenvalue weighted by Gasteiger charge is -2.50. The monoisotopic (exact) mass is 277 g/mol. The SMILES string of the molecule is CC(C)(C)C1OCCC12CCN(C(=O)O)CC2(F)F. The van der Waals surface area contributed by atoms with Crippen LogP contribution < -0.4 is 0 Å². The number of amides is 1. The number of halogens is 2. The maximum atomic E-state index is 14.6. The first-order valence-corrected chi connectivity index (χ1v) is 6.57. The minimum Gasteiger partial charge on any atom is -0.465 e. The molecular formula is C13H21F2NO3. The average Bonchev–Trinajstić information content (AvgIpc) is 2.67. The van der Waals surface area contributed by atoms with Crippen LogP contribution in [0.25, 0.3) is 0 Å². The predicted octanol–water partition coefficient (Wildman–Crippen LogP) is 2.83. The van der Waals surface area contributed by atoms with Crippen LogP contribution in [0.1, 0.15) is 33.6 Å². The molecule has 110 valence electrons. The second-order valence-electron chi connectivity index (χ2n) is 6.68. The molecule has 2 aliphatic rings. The molecule has 2 atom stereocenters. The molecule has 0 bridgehead atoms. The van der Waals surface area contributed by atoms with E-state index in [1.165, 1.54) is 0 Å². The molecule has 2 rings (SSSR count). The molecule has 1 spiro atoms. The Labute approximate surface area is 111 Å². The highest BCUT2D eigenvalue weighted by molar-refractivity contribution is 5.65. The van der Waals surface area contributed by atoms with Gasteiger partial charge in [0.15, 0.2) is 0 Å². The Hall–Kier alpha value is -0.910. The zero-order chi connectivity index (χ0) is 14.5. The fraction of sp³-hybridized carbons (Fsp3) is 0.923. The molecule has 0 aliphatic carbocycles. The first kappa shape index (κ1) is 14.5. The van der Waals surface area contributed by atoms with E-state index in [-0.39, 0.29) is 18.4 Å². The van der Waals surface area contributed by atoms with Gasteiger partial charge in [-0.1, -0.05) is 20.8 Å². The van der Waals surface area contributed by atoms with Crippen molar-refractivity contribution in [2.75, 3.05) is 19.7 Å². The van der Waals surface area contributed by atoms with Crippen molar-refractivity contribution in [1.29, 1.82) is 0 Å². The molecule has 2 saturated heterocycles. The molecular weight excluding hydrogens is 256 g/mol. The Kier molecular flexibility index (Phi) is 3.28. The van der Waals surface area contributed by atoms with Crippen LogP contribution in [0, 0.1) is 10.8 Å². The largest absolute Gasteiger partial charge is 0.465 e. The van der Waals surface area contributed by atoms with E-state index in [1.807, 2.05) is 20.8 Å². The summed E-state index contributed by atoms with van der Waals surface area (Å²) in [4.78, 5) is 11.7. The van der Waals surface area contributed by atoms with Gasteiger partial charge in [0.1, 0.15) is 0 Å². The molecule has 0 aromatic rings. The molecule has 0 saturated carbocycles. The lowest BCUT2D eigenvalue weighted by atomic mass is 9.63. The van der Waals surface area contributed by atoms with Crippen LogP contribution in [-0.2, 0) is 4.74 Å². The van der Waals surface area contributed by atoms with Gasteiger partial charge in [-0.3, -0.25) is 0 Å². The maximum absolute atomic E-state index is 14.6. The first-order valence-electron chi connectivity index (χ1n) is 6.57. The molecule has 19 heavy (non-hydrogen) atoms. The summed E-state index contributed by atoms with van der Waals surface area (Å²) in [6.07, 6.45) is -1.35. The number of carboxylic acid groups (broad SMARTS) is 1. The van der Waals surface area contributed by atoms with Gasteiger partial charge in [0, 0.05) is 13.2 Å². The highest BCUT2D eigenvalue weighted by Gasteiger charge is 2.65. The molecule has 0 radical (unpaired) electrons. The number of hydrogen-bond acceptors (Lipinski definition) is 2. The predicted molar refractivity (Wildman–Crippen MR) is 65.4 cm³/mol. The topological polar surface area (TPSA) is 49.8 Å². The van der Waals surface area contributed by atoms with Crippen LogP contribution in [0.3, 0.4) is 0 Å². The third kappa shape index (κ3) is 2.20. The third-order valence-electron chi connectivity index (χ3n) is 4.34. The number of carbonyl (C=O) groups is 1. The van der Waals surface area contributed by atoms with E-state index in [0.29, 0.717) is 13.0 Å². The number of ether oxygens (including phenoxy) is 1. The van der Waals surface area contributed by atoms with Crippen molar-refractivity contribution in [3.05, 3.63) is 0 Å². The summed E-state index contributed by atoms with van der Waals surface area (Å²) in [6.45, 7) is 5.43. The number of alkyl halides is 2. The lowest BCUT2D eigenvalue weighted by Crippen LogP contribution is -2.61. The van der Waals surface area contributed by atoms with Crippen LogP contribution in [0.5, 0.6) is 0 Å². The second-order valence-corrected chi connectivity index (χ2v) is 6.68. The van der Waals surface area contributed by atoms with Crippen molar-refractivity contribution in [3.8, 4) is 0 Å². The summed E-state index contributed by atoms with van der Waals surface area (Å²) < 4.78 is 34.7. The van der Waals surface area contributed by atoms with Gasteiger partial charge < -0.3 is 14.7 Å².